The number of nitrogens with zero attached hydrogens (tertiary/aromatic N) is 2. The molecule has 1 aliphatic heterocycles. The van der Waals surface area contributed by atoms with Crippen LogP contribution in [0.25, 0.3) is 0 Å². The van der Waals surface area contributed by atoms with Crippen LogP contribution in [0.15, 0.2) is 18.2 Å². The lowest BCUT2D eigenvalue weighted by Crippen LogP contribution is -2.51. The van der Waals surface area contributed by atoms with Gasteiger partial charge in [-0.2, -0.15) is 0 Å². The zero-order valence-corrected chi connectivity index (χ0v) is 16.6. The van der Waals surface area contributed by atoms with Crippen molar-refractivity contribution >= 4 is 11.8 Å². The van der Waals surface area contributed by atoms with Crippen LogP contribution in [0.1, 0.15) is 49.9 Å². The minimum Gasteiger partial charge on any atom is -0.493 e. The Morgan fingerprint density at radius 3 is 2.22 bits per heavy atom. The van der Waals surface area contributed by atoms with Gasteiger partial charge in [-0.1, -0.05) is 13.8 Å². The topological polar surface area (TPSA) is 59.1 Å². The summed E-state index contributed by atoms with van der Waals surface area (Å²) in [5, 5.41) is 0. The molecule has 27 heavy (non-hydrogen) atoms. The molecule has 6 heteroatoms. The zero-order chi connectivity index (χ0) is 19.4. The number of benzene rings is 1. The van der Waals surface area contributed by atoms with Crippen molar-refractivity contribution in [2.45, 2.75) is 45.6 Å². The van der Waals surface area contributed by atoms with Crippen LogP contribution in [0, 0.1) is 5.92 Å². The number of ether oxygens (including phenoxy) is 2. The van der Waals surface area contributed by atoms with Crippen LogP contribution in [0.2, 0.25) is 0 Å². The molecule has 1 heterocycles. The maximum absolute atomic E-state index is 12.9. The molecule has 0 unspecified atom stereocenters. The number of hydrogen-bond acceptors (Lipinski definition) is 4. The number of methoxy groups -OCH3 is 1. The molecule has 1 aromatic carbocycles. The molecular weight excluding hydrogens is 344 g/mol. The summed E-state index contributed by atoms with van der Waals surface area (Å²) in [5.41, 5.74) is 0.592. The van der Waals surface area contributed by atoms with E-state index in [1.165, 1.54) is 12.8 Å². The monoisotopic (exact) mass is 374 g/mol. The van der Waals surface area contributed by atoms with Gasteiger partial charge in [-0.3, -0.25) is 9.59 Å². The standard InChI is InChI=1S/C21H30N2O4/c1-15(2)20(24)22-10-12-23(13-11-22)21(25)16-8-9-18(19(14-16)26-3)27-17-6-4-5-7-17/h8-9,14-15,17H,4-7,10-13H2,1-3H3. The summed E-state index contributed by atoms with van der Waals surface area (Å²) in [6.07, 6.45) is 4.79. The second-order valence-corrected chi connectivity index (χ2v) is 7.66. The number of rotatable bonds is 5. The first kappa shape index (κ1) is 19.5. The van der Waals surface area contributed by atoms with Crippen LogP contribution in [0.3, 0.4) is 0 Å². The SMILES string of the molecule is COc1cc(C(=O)N2CCN(C(=O)C(C)C)CC2)ccc1OC1CCCC1. The third-order valence-electron chi connectivity index (χ3n) is 5.38. The smallest absolute Gasteiger partial charge is 0.254 e. The molecule has 6 nitrogen and oxygen atoms in total. The lowest BCUT2D eigenvalue weighted by molar-refractivity contribution is -0.135. The Balaban J connectivity index is 1.64. The molecule has 2 amide bonds. The molecule has 1 aromatic rings. The summed E-state index contributed by atoms with van der Waals surface area (Å²) in [6, 6.07) is 5.40. The van der Waals surface area contributed by atoms with Crippen molar-refractivity contribution < 1.29 is 19.1 Å². The van der Waals surface area contributed by atoms with Gasteiger partial charge in [0.2, 0.25) is 5.91 Å². The Kier molecular flexibility index (Phi) is 6.24. The minimum absolute atomic E-state index is 0.0103. The van der Waals surface area contributed by atoms with Gasteiger partial charge in [0, 0.05) is 37.7 Å². The summed E-state index contributed by atoms with van der Waals surface area (Å²) in [7, 11) is 1.60. The first-order valence-electron chi connectivity index (χ1n) is 9.92. The van der Waals surface area contributed by atoms with Gasteiger partial charge in [0.05, 0.1) is 13.2 Å². The molecule has 3 rings (SSSR count). The maximum atomic E-state index is 12.9. The predicted octanol–water partition coefficient (Wildman–Crippen LogP) is 2.96. The summed E-state index contributed by atoms with van der Waals surface area (Å²) in [6.45, 7) is 6.09. The number of hydrogen-bond donors (Lipinski definition) is 0. The molecule has 2 aliphatic rings. The molecule has 1 saturated heterocycles. The molecular formula is C21H30N2O4. The Morgan fingerprint density at radius 1 is 1.00 bits per heavy atom. The van der Waals surface area contributed by atoms with Gasteiger partial charge >= 0.3 is 0 Å². The number of carbonyl (C=O) groups excluding carboxylic acids is 2. The largest absolute Gasteiger partial charge is 0.493 e. The van der Waals surface area contributed by atoms with Gasteiger partial charge in [-0.15, -0.1) is 0 Å². The highest BCUT2D eigenvalue weighted by Gasteiger charge is 2.27. The van der Waals surface area contributed by atoms with Crippen LogP contribution in [-0.2, 0) is 4.79 Å². The first-order chi connectivity index (χ1) is 13.0. The molecule has 0 N–H and O–H groups in total. The maximum Gasteiger partial charge on any atom is 0.254 e. The fourth-order valence-electron chi connectivity index (χ4n) is 3.76. The zero-order valence-electron chi connectivity index (χ0n) is 16.6. The van der Waals surface area contributed by atoms with Crippen molar-refractivity contribution in [2.24, 2.45) is 5.92 Å². The molecule has 1 saturated carbocycles. The van der Waals surface area contributed by atoms with Gasteiger partial charge in [-0.05, 0) is 43.9 Å². The van der Waals surface area contributed by atoms with Gasteiger partial charge in [0.1, 0.15) is 0 Å². The van der Waals surface area contributed by atoms with E-state index in [-0.39, 0.29) is 23.8 Å². The van der Waals surface area contributed by atoms with E-state index < -0.39 is 0 Å². The van der Waals surface area contributed by atoms with E-state index in [1.807, 2.05) is 24.8 Å². The van der Waals surface area contributed by atoms with Crippen molar-refractivity contribution in [3.8, 4) is 11.5 Å². The van der Waals surface area contributed by atoms with Gasteiger partial charge < -0.3 is 19.3 Å². The van der Waals surface area contributed by atoms with E-state index in [2.05, 4.69) is 0 Å². The predicted molar refractivity (Wildman–Crippen MR) is 103 cm³/mol. The Bertz CT molecular complexity index is 675. The van der Waals surface area contributed by atoms with E-state index in [4.69, 9.17) is 9.47 Å². The highest BCUT2D eigenvalue weighted by molar-refractivity contribution is 5.95. The third kappa shape index (κ3) is 4.54. The molecule has 0 atom stereocenters. The average molecular weight is 374 g/mol. The molecule has 2 fully saturated rings. The van der Waals surface area contributed by atoms with Crippen LogP contribution in [0.5, 0.6) is 11.5 Å². The van der Waals surface area contributed by atoms with E-state index >= 15 is 0 Å². The fourth-order valence-corrected chi connectivity index (χ4v) is 3.76. The van der Waals surface area contributed by atoms with Crippen LogP contribution in [-0.4, -0.2) is 61.0 Å². The van der Waals surface area contributed by atoms with E-state index in [9.17, 15) is 9.59 Å². The van der Waals surface area contributed by atoms with E-state index in [0.29, 0.717) is 43.2 Å². The molecule has 1 aliphatic carbocycles. The normalized spacial score (nSPS) is 18.1. The van der Waals surface area contributed by atoms with Crippen molar-refractivity contribution in [2.75, 3.05) is 33.3 Å². The van der Waals surface area contributed by atoms with E-state index in [1.54, 1.807) is 24.1 Å². The average Bonchev–Trinajstić information content (AvgIpc) is 3.20. The number of carbonyl (C=O) groups is 2. The Hall–Kier alpha value is -2.24. The van der Waals surface area contributed by atoms with Gasteiger partial charge in [0.15, 0.2) is 11.5 Å². The summed E-state index contributed by atoms with van der Waals surface area (Å²) in [4.78, 5) is 28.6. The van der Waals surface area contributed by atoms with E-state index in [0.717, 1.165) is 12.8 Å². The van der Waals surface area contributed by atoms with Crippen LogP contribution in [0.4, 0.5) is 0 Å². The van der Waals surface area contributed by atoms with Crippen molar-refractivity contribution in [3.05, 3.63) is 23.8 Å². The lowest BCUT2D eigenvalue weighted by atomic mass is 10.1. The van der Waals surface area contributed by atoms with Crippen molar-refractivity contribution in [3.63, 3.8) is 0 Å². The van der Waals surface area contributed by atoms with Crippen LogP contribution >= 0.6 is 0 Å². The molecule has 0 radical (unpaired) electrons. The number of amides is 2. The second-order valence-electron chi connectivity index (χ2n) is 7.66. The van der Waals surface area contributed by atoms with Gasteiger partial charge in [0.25, 0.3) is 5.91 Å². The fraction of sp³-hybridized carbons (Fsp3) is 0.619. The molecule has 0 spiro atoms. The Morgan fingerprint density at radius 2 is 1.63 bits per heavy atom. The first-order valence-corrected chi connectivity index (χ1v) is 9.92. The highest BCUT2D eigenvalue weighted by Crippen LogP contribution is 2.32. The Labute approximate surface area is 161 Å². The molecule has 148 valence electrons. The van der Waals surface area contributed by atoms with Gasteiger partial charge in [-0.25, -0.2) is 0 Å². The van der Waals surface area contributed by atoms with Crippen LogP contribution < -0.4 is 9.47 Å². The second kappa shape index (κ2) is 8.63. The third-order valence-corrected chi connectivity index (χ3v) is 5.38. The van der Waals surface area contributed by atoms with Crippen molar-refractivity contribution in [1.82, 2.24) is 9.80 Å². The highest BCUT2D eigenvalue weighted by atomic mass is 16.5. The quantitative estimate of drug-likeness (QED) is 0.795. The summed E-state index contributed by atoms with van der Waals surface area (Å²) in [5.74, 6) is 1.41. The number of piperazine rings is 1. The summed E-state index contributed by atoms with van der Waals surface area (Å²) >= 11 is 0. The van der Waals surface area contributed by atoms with Crippen molar-refractivity contribution in [1.29, 1.82) is 0 Å². The molecule has 0 aromatic heterocycles. The summed E-state index contributed by atoms with van der Waals surface area (Å²) < 4.78 is 11.5. The lowest BCUT2D eigenvalue weighted by Gasteiger charge is -2.35. The molecule has 0 bridgehead atoms. The minimum atomic E-state index is -0.0302.